The van der Waals surface area contributed by atoms with Gasteiger partial charge in [0.15, 0.2) is 5.96 Å². The number of aryl methyl sites for hydroxylation is 2. The number of ether oxygens (including phenoxy) is 1. The Morgan fingerprint density at radius 2 is 2.07 bits per heavy atom. The monoisotopic (exact) mass is 528 g/mol. The molecule has 5 nitrogen and oxygen atoms in total. The maximum Gasteiger partial charge on any atom is 0.401 e. The van der Waals surface area contributed by atoms with Crippen molar-refractivity contribution in [3.05, 3.63) is 34.9 Å². The topological polar surface area (TPSA) is 40.1 Å². The average molecular weight is 528 g/mol. The maximum absolute atomic E-state index is 12.4. The van der Waals surface area contributed by atoms with Crippen LogP contribution < -0.4 is 5.32 Å². The minimum atomic E-state index is -4.16. The van der Waals surface area contributed by atoms with Gasteiger partial charge in [-0.15, -0.1) is 24.0 Å². The molecule has 0 spiro atoms. The minimum absolute atomic E-state index is 0. The molecule has 0 aliphatic carbocycles. The molecule has 1 aromatic carbocycles. The van der Waals surface area contributed by atoms with E-state index in [4.69, 9.17) is 4.74 Å². The van der Waals surface area contributed by atoms with Crippen molar-refractivity contribution in [2.24, 2.45) is 4.99 Å². The Morgan fingerprint density at radius 1 is 1.34 bits per heavy atom. The molecule has 0 amide bonds. The van der Waals surface area contributed by atoms with E-state index in [1.165, 1.54) is 28.6 Å². The number of guanidine groups is 1. The number of morpholine rings is 1. The third kappa shape index (κ3) is 8.67. The van der Waals surface area contributed by atoms with Crippen LogP contribution in [0.1, 0.15) is 29.2 Å². The van der Waals surface area contributed by atoms with E-state index in [0.717, 1.165) is 12.5 Å². The zero-order valence-corrected chi connectivity index (χ0v) is 19.9. The van der Waals surface area contributed by atoms with Crippen molar-refractivity contribution in [1.82, 2.24) is 15.1 Å². The molecular formula is C20H32F3IN4O. The first kappa shape index (κ1) is 26.0. The van der Waals surface area contributed by atoms with Crippen LogP contribution in [-0.2, 0) is 4.74 Å². The molecule has 1 atom stereocenters. The summed E-state index contributed by atoms with van der Waals surface area (Å²) in [5, 5.41) is 3.27. The fraction of sp³-hybridized carbons (Fsp3) is 0.650. The average Bonchev–Trinajstić information content (AvgIpc) is 2.60. The number of nitrogens with one attached hydrogen (secondary N) is 1. The molecule has 1 aliphatic rings. The van der Waals surface area contributed by atoms with Gasteiger partial charge >= 0.3 is 6.18 Å². The Hall–Kier alpha value is -1.07. The maximum atomic E-state index is 12.4. The highest BCUT2D eigenvalue weighted by atomic mass is 127. The summed E-state index contributed by atoms with van der Waals surface area (Å²) in [6, 6.07) is 6.36. The van der Waals surface area contributed by atoms with Gasteiger partial charge in [0, 0.05) is 20.1 Å². The quantitative estimate of drug-likeness (QED) is 0.264. The lowest BCUT2D eigenvalue weighted by atomic mass is 10.00. The first-order chi connectivity index (χ1) is 13.2. The number of rotatable bonds is 6. The normalized spacial score (nSPS) is 18.0. The van der Waals surface area contributed by atoms with Crippen molar-refractivity contribution in [3.63, 3.8) is 0 Å². The lowest BCUT2D eigenvalue weighted by Gasteiger charge is -2.36. The Balaban J connectivity index is 0.00000420. The molecule has 1 saturated heterocycles. The van der Waals surface area contributed by atoms with Crippen molar-refractivity contribution in [3.8, 4) is 0 Å². The molecule has 1 aliphatic heterocycles. The molecule has 1 heterocycles. The zero-order valence-electron chi connectivity index (χ0n) is 17.6. The molecule has 0 saturated carbocycles. The first-order valence-electron chi connectivity index (χ1n) is 9.59. The van der Waals surface area contributed by atoms with Gasteiger partial charge in [0.05, 0.1) is 19.7 Å². The van der Waals surface area contributed by atoms with Crippen LogP contribution in [0.3, 0.4) is 0 Å². The van der Waals surface area contributed by atoms with Crippen LogP contribution in [0.4, 0.5) is 13.2 Å². The van der Waals surface area contributed by atoms with Crippen LogP contribution in [0.25, 0.3) is 0 Å². The molecule has 1 N–H and O–H groups in total. The van der Waals surface area contributed by atoms with E-state index in [1.54, 1.807) is 7.05 Å². The van der Waals surface area contributed by atoms with E-state index in [2.05, 4.69) is 47.3 Å². The number of hydrogen-bond acceptors (Lipinski definition) is 3. The second kappa shape index (κ2) is 11.9. The highest BCUT2D eigenvalue weighted by molar-refractivity contribution is 14.0. The number of alkyl halides is 3. The molecule has 0 aromatic heterocycles. The fourth-order valence-corrected chi connectivity index (χ4v) is 3.48. The summed E-state index contributed by atoms with van der Waals surface area (Å²) >= 11 is 0. The van der Waals surface area contributed by atoms with Crippen LogP contribution >= 0.6 is 24.0 Å². The Labute approximate surface area is 188 Å². The standard InChI is InChI=1S/C20H31F3N4O.HI/c1-15-6-7-17(16(2)12-15)18-13-27(10-11-28-18)19(24-3)25-8-5-9-26(4)14-20(21,22)23;/h6-7,12,18H,5,8-11,13-14H2,1-4H3,(H,24,25);1H. The third-order valence-electron chi connectivity index (χ3n) is 4.80. The second-order valence-corrected chi connectivity index (χ2v) is 7.35. The van der Waals surface area contributed by atoms with E-state index in [1.807, 2.05) is 0 Å². The van der Waals surface area contributed by atoms with Crippen LogP contribution in [0.2, 0.25) is 0 Å². The third-order valence-corrected chi connectivity index (χ3v) is 4.80. The van der Waals surface area contributed by atoms with Crippen molar-refractivity contribution in [2.45, 2.75) is 32.5 Å². The van der Waals surface area contributed by atoms with E-state index >= 15 is 0 Å². The van der Waals surface area contributed by atoms with Crippen molar-refractivity contribution in [1.29, 1.82) is 0 Å². The number of halogens is 4. The van der Waals surface area contributed by atoms with Crippen LogP contribution in [0, 0.1) is 13.8 Å². The molecule has 29 heavy (non-hydrogen) atoms. The lowest BCUT2D eigenvalue weighted by molar-refractivity contribution is -0.143. The highest BCUT2D eigenvalue weighted by Gasteiger charge is 2.29. The van der Waals surface area contributed by atoms with E-state index in [0.29, 0.717) is 32.7 Å². The van der Waals surface area contributed by atoms with Gasteiger partial charge in [0.25, 0.3) is 0 Å². The number of aliphatic imine (C=N–C) groups is 1. The molecular weight excluding hydrogens is 496 g/mol. The minimum Gasteiger partial charge on any atom is -0.370 e. The van der Waals surface area contributed by atoms with Gasteiger partial charge in [0.1, 0.15) is 6.10 Å². The summed E-state index contributed by atoms with van der Waals surface area (Å²) in [5.41, 5.74) is 3.61. The van der Waals surface area contributed by atoms with Gasteiger partial charge in [-0.05, 0) is 45.0 Å². The summed E-state index contributed by atoms with van der Waals surface area (Å²) in [6.07, 6.45) is -3.57. The SMILES string of the molecule is CN=C(NCCCN(C)CC(F)(F)F)N1CCOC(c2ccc(C)cc2C)C1.I. The zero-order chi connectivity index (χ0) is 20.7. The lowest BCUT2D eigenvalue weighted by Crippen LogP contribution is -2.48. The summed E-state index contributed by atoms with van der Waals surface area (Å²) in [7, 11) is 3.21. The summed E-state index contributed by atoms with van der Waals surface area (Å²) < 4.78 is 43.1. The molecule has 1 aromatic rings. The summed E-state index contributed by atoms with van der Waals surface area (Å²) in [6.45, 7) is 6.25. The Kier molecular flexibility index (Phi) is 10.7. The Morgan fingerprint density at radius 3 is 2.69 bits per heavy atom. The molecule has 9 heteroatoms. The van der Waals surface area contributed by atoms with Gasteiger partial charge in [-0.2, -0.15) is 13.2 Å². The van der Waals surface area contributed by atoms with E-state index in [9.17, 15) is 13.2 Å². The molecule has 1 unspecified atom stereocenters. The predicted octanol–water partition coefficient (Wildman–Crippen LogP) is 3.75. The largest absolute Gasteiger partial charge is 0.401 e. The van der Waals surface area contributed by atoms with Crippen LogP contribution in [0.15, 0.2) is 23.2 Å². The molecule has 0 bridgehead atoms. The number of benzene rings is 1. The smallest absolute Gasteiger partial charge is 0.370 e. The number of nitrogens with zero attached hydrogens (tertiary/aromatic N) is 3. The van der Waals surface area contributed by atoms with E-state index < -0.39 is 12.7 Å². The Bertz CT molecular complexity index is 670. The van der Waals surface area contributed by atoms with Crippen LogP contribution in [0.5, 0.6) is 0 Å². The first-order valence-corrected chi connectivity index (χ1v) is 9.59. The molecule has 166 valence electrons. The van der Waals surface area contributed by atoms with Gasteiger partial charge in [-0.25, -0.2) is 0 Å². The van der Waals surface area contributed by atoms with Crippen molar-refractivity contribution < 1.29 is 17.9 Å². The predicted molar refractivity (Wildman–Crippen MR) is 121 cm³/mol. The van der Waals surface area contributed by atoms with Crippen molar-refractivity contribution in [2.75, 3.05) is 53.4 Å². The van der Waals surface area contributed by atoms with Gasteiger partial charge in [0.2, 0.25) is 0 Å². The van der Waals surface area contributed by atoms with Gasteiger partial charge in [-0.1, -0.05) is 23.8 Å². The van der Waals surface area contributed by atoms with E-state index in [-0.39, 0.29) is 30.1 Å². The summed E-state index contributed by atoms with van der Waals surface area (Å²) in [5.74, 6) is 0.761. The molecule has 1 fully saturated rings. The molecule has 0 radical (unpaired) electrons. The second-order valence-electron chi connectivity index (χ2n) is 7.35. The number of hydrogen-bond donors (Lipinski definition) is 1. The van der Waals surface area contributed by atoms with Crippen molar-refractivity contribution >= 4 is 29.9 Å². The van der Waals surface area contributed by atoms with Crippen LogP contribution in [-0.4, -0.2) is 75.4 Å². The van der Waals surface area contributed by atoms with Gasteiger partial charge in [-0.3, -0.25) is 9.89 Å². The summed E-state index contributed by atoms with van der Waals surface area (Å²) in [4.78, 5) is 7.77. The molecule has 2 rings (SSSR count). The highest BCUT2D eigenvalue weighted by Crippen LogP contribution is 2.25. The fourth-order valence-electron chi connectivity index (χ4n) is 3.48. The van der Waals surface area contributed by atoms with Gasteiger partial charge < -0.3 is 15.0 Å².